The first-order valence-electron chi connectivity index (χ1n) is 8.80. The third kappa shape index (κ3) is 4.74. The Kier molecular flexibility index (Phi) is 6.74. The first kappa shape index (κ1) is 20.6. The highest BCUT2D eigenvalue weighted by Gasteiger charge is 2.20. The monoisotopic (exact) mass is 386 g/mol. The fraction of sp³-hybridized carbons (Fsp3) is 0.350. The summed E-state index contributed by atoms with van der Waals surface area (Å²) in [6, 6.07) is 6.05. The van der Waals surface area contributed by atoms with Crippen LogP contribution in [0.2, 0.25) is 0 Å². The number of hydrazone groups is 1. The maximum absolute atomic E-state index is 12.1. The molecule has 7 heteroatoms. The molecular weight excluding hydrogens is 360 g/mol. The van der Waals surface area contributed by atoms with Gasteiger partial charge in [0, 0.05) is 11.4 Å². The summed E-state index contributed by atoms with van der Waals surface area (Å²) in [6.07, 6.45) is 0. The normalized spacial score (nSPS) is 11.3. The van der Waals surface area contributed by atoms with E-state index in [1.807, 2.05) is 52.8 Å². The summed E-state index contributed by atoms with van der Waals surface area (Å²) in [5.41, 5.74) is 9.64. The fourth-order valence-electron chi connectivity index (χ4n) is 2.96. The van der Waals surface area contributed by atoms with Gasteiger partial charge in [-0.3, -0.25) is 5.43 Å². The molecule has 1 aromatic heterocycles. The number of ether oxygens (including phenoxy) is 1. The number of para-hydroxylation sites is 1. The minimum absolute atomic E-state index is 0.331. The molecule has 0 saturated heterocycles. The maximum Gasteiger partial charge on any atom is 0.340 e. The smallest absolute Gasteiger partial charge is 0.340 e. The van der Waals surface area contributed by atoms with Gasteiger partial charge in [0.1, 0.15) is 0 Å². The van der Waals surface area contributed by atoms with E-state index in [0.717, 1.165) is 33.8 Å². The Balaban J connectivity index is 2.15. The van der Waals surface area contributed by atoms with Crippen LogP contribution in [0.1, 0.15) is 52.3 Å². The molecule has 0 atom stereocenters. The van der Waals surface area contributed by atoms with Gasteiger partial charge < -0.3 is 15.0 Å². The number of nitrogens with zero attached hydrogens (tertiary/aromatic N) is 1. The van der Waals surface area contributed by atoms with Crippen molar-refractivity contribution in [2.24, 2.45) is 5.10 Å². The zero-order valence-electron chi connectivity index (χ0n) is 16.6. The number of benzene rings is 1. The minimum atomic E-state index is -0.331. The number of aromatic nitrogens is 1. The lowest BCUT2D eigenvalue weighted by Gasteiger charge is -2.13. The lowest BCUT2D eigenvalue weighted by Crippen LogP contribution is -2.26. The van der Waals surface area contributed by atoms with Crippen molar-refractivity contribution in [1.82, 2.24) is 10.4 Å². The van der Waals surface area contributed by atoms with Crippen LogP contribution in [0, 0.1) is 27.7 Å². The summed E-state index contributed by atoms with van der Waals surface area (Å²) in [7, 11) is 0. The number of nitrogens with one attached hydrogen (secondary N) is 3. The summed E-state index contributed by atoms with van der Waals surface area (Å²) >= 11 is 5.35. The van der Waals surface area contributed by atoms with Crippen LogP contribution in [0.3, 0.4) is 0 Å². The van der Waals surface area contributed by atoms with E-state index in [0.29, 0.717) is 23.0 Å². The average Bonchev–Trinajstić information content (AvgIpc) is 2.91. The third-order valence-electron chi connectivity index (χ3n) is 4.32. The first-order valence-corrected chi connectivity index (χ1v) is 9.21. The lowest BCUT2D eigenvalue weighted by atomic mass is 10.1. The molecular formula is C20H26N4O2S. The molecule has 0 aliphatic rings. The highest BCUT2D eigenvalue weighted by atomic mass is 32.1. The van der Waals surface area contributed by atoms with Crippen LogP contribution in [0.15, 0.2) is 23.3 Å². The number of thiocarbonyl (C=S) groups is 1. The number of carbonyl (C=O) groups excluding carboxylic acids is 1. The van der Waals surface area contributed by atoms with E-state index in [-0.39, 0.29) is 5.97 Å². The van der Waals surface area contributed by atoms with Gasteiger partial charge in [0.25, 0.3) is 0 Å². The zero-order chi connectivity index (χ0) is 20.1. The van der Waals surface area contributed by atoms with Crippen molar-refractivity contribution in [3.8, 4) is 0 Å². The Morgan fingerprint density at radius 2 is 1.85 bits per heavy atom. The fourth-order valence-corrected chi connectivity index (χ4v) is 3.11. The predicted molar refractivity (Wildman–Crippen MR) is 114 cm³/mol. The van der Waals surface area contributed by atoms with Crippen LogP contribution in [-0.2, 0) is 4.74 Å². The standard InChI is InChI=1S/C20H26N4O2S/c1-7-26-19(25)16-13(4)18(21-14(16)5)15(6)23-24-20(27)22-17-11(2)9-8-10-12(17)3/h8-10,21H,7H2,1-6H3,(H2,22,24,27)/b23-15+. The Bertz CT molecular complexity index is 879. The van der Waals surface area contributed by atoms with Crippen molar-refractivity contribution in [3.63, 3.8) is 0 Å². The maximum atomic E-state index is 12.1. The molecule has 0 aliphatic carbocycles. The molecule has 0 bridgehead atoms. The number of hydrogen-bond acceptors (Lipinski definition) is 4. The molecule has 144 valence electrons. The quantitative estimate of drug-likeness (QED) is 0.312. The molecule has 0 aliphatic heterocycles. The molecule has 0 amide bonds. The number of esters is 1. The second-order valence-corrected chi connectivity index (χ2v) is 6.78. The summed E-state index contributed by atoms with van der Waals surface area (Å²) in [5, 5.41) is 7.93. The van der Waals surface area contributed by atoms with Gasteiger partial charge in [-0.1, -0.05) is 18.2 Å². The van der Waals surface area contributed by atoms with Crippen molar-refractivity contribution in [3.05, 3.63) is 51.8 Å². The van der Waals surface area contributed by atoms with Gasteiger partial charge in [-0.2, -0.15) is 5.10 Å². The molecule has 1 aromatic carbocycles. The van der Waals surface area contributed by atoms with E-state index in [1.165, 1.54) is 0 Å². The van der Waals surface area contributed by atoms with Crippen LogP contribution in [0.5, 0.6) is 0 Å². The number of hydrogen-bond donors (Lipinski definition) is 3. The highest BCUT2D eigenvalue weighted by molar-refractivity contribution is 7.80. The molecule has 2 rings (SSSR count). The van der Waals surface area contributed by atoms with Crippen LogP contribution in [-0.4, -0.2) is 28.4 Å². The molecule has 1 heterocycles. The molecule has 3 N–H and O–H groups in total. The van der Waals surface area contributed by atoms with Gasteiger partial charge in [0.05, 0.1) is 23.6 Å². The van der Waals surface area contributed by atoms with Crippen LogP contribution < -0.4 is 10.7 Å². The van der Waals surface area contributed by atoms with E-state index in [4.69, 9.17) is 17.0 Å². The van der Waals surface area contributed by atoms with E-state index in [9.17, 15) is 4.79 Å². The Labute approximate surface area is 165 Å². The lowest BCUT2D eigenvalue weighted by molar-refractivity contribution is 0.0525. The van der Waals surface area contributed by atoms with Crippen LogP contribution >= 0.6 is 12.2 Å². The molecule has 27 heavy (non-hydrogen) atoms. The van der Waals surface area contributed by atoms with E-state index < -0.39 is 0 Å². The number of H-pyrrole nitrogens is 1. The molecule has 0 fully saturated rings. The van der Waals surface area contributed by atoms with Gasteiger partial charge in [0.2, 0.25) is 0 Å². The summed E-state index contributed by atoms with van der Waals surface area (Å²) in [4.78, 5) is 15.3. The van der Waals surface area contributed by atoms with Crippen molar-refractivity contribution in [2.75, 3.05) is 11.9 Å². The van der Waals surface area contributed by atoms with E-state index >= 15 is 0 Å². The van der Waals surface area contributed by atoms with Gasteiger partial charge >= 0.3 is 5.97 Å². The Morgan fingerprint density at radius 1 is 1.22 bits per heavy atom. The topological polar surface area (TPSA) is 78.5 Å². The number of aromatic amines is 1. The molecule has 0 saturated carbocycles. The molecule has 0 radical (unpaired) electrons. The highest BCUT2D eigenvalue weighted by Crippen LogP contribution is 2.20. The summed E-state index contributed by atoms with van der Waals surface area (Å²) in [6.45, 7) is 11.7. The average molecular weight is 387 g/mol. The molecule has 6 nitrogen and oxygen atoms in total. The SMILES string of the molecule is CCOC(=O)c1c(C)[nH]c(/C(C)=N/NC(=S)Nc2c(C)cccc2C)c1C. The second-order valence-electron chi connectivity index (χ2n) is 6.38. The third-order valence-corrected chi connectivity index (χ3v) is 4.52. The van der Waals surface area contributed by atoms with Crippen molar-refractivity contribution in [2.45, 2.75) is 41.5 Å². The largest absolute Gasteiger partial charge is 0.462 e. The molecule has 2 aromatic rings. The van der Waals surface area contributed by atoms with Crippen molar-refractivity contribution < 1.29 is 9.53 Å². The van der Waals surface area contributed by atoms with Crippen LogP contribution in [0.4, 0.5) is 5.69 Å². The number of rotatable bonds is 5. The van der Waals surface area contributed by atoms with E-state index in [1.54, 1.807) is 6.92 Å². The first-order chi connectivity index (χ1) is 12.8. The van der Waals surface area contributed by atoms with Crippen molar-refractivity contribution >= 4 is 34.7 Å². The second kappa shape index (κ2) is 8.81. The number of anilines is 1. The Hall–Kier alpha value is -2.67. The zero-order valence-corrected chi connectivity index (χ0v) is 17.4. The van der Waals surface area contributed by atoms with Gasteiger partial charge in [-0.25, -0.2) is 4.79 Å². The minimum Gasteiger partial charge on any atom is -0.462 e. The Morgan fingerprint density at radius 3 is 2.44 bits per heavy atom. The number of aryl methyl sites for hydroxylation is 3. The molecule has 0 spiro atoms. The van der Waals surface area contributed by atoms with Crippen LogP contribution in [0.25, 0.3) is 0 Å². The van der Waals surface area contributed by atoms with E-state index in [2.05, 4.69) is 20.8 Å². The summed E-state index contributed by atoms with van der Waals surface area (Å²) < 4.78 is 5.12. The predicted octanol–water partition coefficient (Wildman–Crippen LogP) is 4.14. The van der Waals surface area contributed by atoms with Crippen molar-refractivity contribution in [1.29, 1.82) is 0 Å². The molecule has 0 unspecified atom stereocenters. The van der Waals surface area contributed by atoms with Gasteiger partial charge in [0.15, 0.2) is 5.11 Å². The van der Waals surface area contributed by atoms with Gasteiger partial charge in [-0.05, 0) is 70.5 Å². The summed E-state index contributed by atoms with van der Waals surface area (Å²) in [5.74, 6) is -0.331. The number of carbonyl (C=O) groups is 1. The van der Waals surface area contributed by atoms with Gasteiger partial charge in [-0.15, -0.1) is 0 Å².